The topological polar surface area (TPSA) is 161 Å². The minimum atomic E-state index is 0.0557. The molecule has 0 fully saturated rings. The Labute approximate surface area is 182 Å². The number of carbonyl (C=O) groups is 2. The van der Waals surface area contributed by atoms with Crippen molar-refractivity contribution >= 4 is 17.8 Å². The van der Waals surface area contributed by atoms with Crippen molar-refractivity contribution in [2.75, 3.05) is 39.3 Å². The maximum absolute atomic E-state index is 11.8. The standard InChI is InChI=1S/C21H45N7O2/c22-13-10-15-25-14-7-8-16-26-20(30)12-9-18-27-19(29)11-5-3-1-2-4-6-17-28-21(23)24/h25H,1-18,22H2,(H,26,30)(H,27,29)(H4,23,24,28). The van der Waals surface area contributed by atoms with Crippen LogP contribution in [0, 0.1) is 0 Å². The summed E-state index contributed by atoms with van der Waals surface area (Å²) in [6, 6.07) is 0. The van der Waals surface area contributed by atoms with Crippen LogP contribution in [-0.2, 0) is 9.59 Å². The summed E-state index contributed by atoms with van der Waals surface area (Å²) in [6.07, 6.45) is 11.0. The van der Waals surface area contributed by atoms with Crippen molar-refractivity contribution in [2.24, 2.45) is 22.2 Å². The Kier molecular flexibility index (Phi) is 20.5. The number of nitrogens with one attached hydrogen (secondary N) is 3. The van der Waals surface area contributed by atoms with Gasteiger partial charge in [-0.05, 0) is 58.2 Å². The summed E-state index contributed by atoms with van der Waals surface area (Å²) in [5, 5.41) is 9.14. The van der Waals surface area contributed by atoms with Gasteiger partial charge in [-0.15, -0.1) is 0 Å². The number of nitrogens with zero attached hydrogens (tertiary/aromatic N) is 1. The highest BCUT2D eigenvalue weighted by molar-refractivity contribution is 5.77. The zero-order valence-electron chi connectivity index (χ0n) is 18.7. The van der Waals surface area contributed by atoms with Crippen LogP contribution in [-0.4, -0.2) is 57.0 Å². The number of hydrogen-bond acceptors (Lipinski definition) is 5. The summed E-state index contributed by atoms with van der Waals surface area (Å²) in [5.74, 6) is 0.283. The fourth-order valence-electron chi connectivity index (χ4n) is 2.92. The van der Waals surface area contributed by atoms with Crippen LogP contribution in [0.4, 0.5) is 0 Å². The fraction of sp³-hybridized carbons (Fsp3) is 0.857. The van der Waals surface area contributed by atoms with E-state index in [4.69, 9.17) is 17.2 Å². The quantitative estimate of drug-likeness (QED) is 0.0898. The summed E-state index contributed by atoms with van der Waals surface area (Å²) in [6.45, 7) is 4.58. The zero-order valence-corrected chi connectivity index (χ0v) is 18.7. The summed E-state index contributed by atoms with van der Waals surface area (Å²) < 4.78 is 0. The molecule has 0 saturated heterocycles. The monoisotopic (exact) mass is 427 g/mol. The molecule has 0 aliphatic carbocycles. The van der Waals surface area contributed by atoms with Gasteiger partial charge in [-0.3, -0.25) is 14.6 Å². The summed E-state index contributed by atoms with van der Waals surface area (Å²) in [5.41, 5.74) is 16.0. The summed E-state index contributed by atoms with van der Waals surface area (Å²) in [7, 11) is 0. The third-order valence-corrected chi connectivity index (χ3v) is 4.67. The second-order valence-electron chi connectivity index (χ2n) is 7.58. The number of carbonyl (C=O) groups excluding carboxylic acids is 2. The Bertz CT molecular complexity index is 455. The normalized spacial score (nSPS) is 10.6. The molecule has 0 bridgehead atoms. The van der Waals surface area contributed by atoms with Gasteiger partial charge in [0.1, 0.15) is 0 Å². The van der Waals surface area contributed by atoms with E-state index in [0.717, 1.165) is 70.9 Å². The Morgan fingerprint density at radius 2 is 1.17 bits per heavy atom. The maximum Gasteiger partial charge on any atom is 0.220 e. The molecule has 176 valence electrons. The van der Waals surface area contributed by atoms with Crippen molar-refractivity contribution in [2.45, 2.75) is 77.0 Å². The van der Waals surface area contributed by atoms with Gasteiger partial charge in [0, 0.05) is 32.5 Å². The Morgan fingerprint density at radius 1 is 0.633 bits per heavy atom. The average molecular weight is 428 g/mol. The number of hydrogen-bond donors (Lipinski definition) is 6. The van der Waals surface area contributed by atoms with Crippen molar-refractivity contribution in [1.82, 2.24) is 16.0 Å². The predicted octanol–water partition coefficient (Wildman–Crippen LogP) is 0.722. The number of guanidine groups is 1. The van der Waals surface area contributed by atoms with E-state index in [9.17, 15) is 9.59 Å². The van der Waals surface area contributed by atoms with Gasteiger partial charge >= 0.3 is 0 Å². The Hall–Kier alpha value is -1.87. The lowest BCUT2D eigenvalue weighted by Gasteiger charge is -2.07. The highest BCUT2D eigenvalue weighted by Gasteiger charge is 2.03. The van der Waals surface area contributed by atoms with Crippen LogP contribution < -0.4 is 33.2 Å². The molecule has 0 aliphatic rings. The molecule has 2 amide bonds. The number of rotatable bonds is 21. The lowest BCUT2D eigenvalue weighted by molar-refractivity contribution is -0.123. The number of unbranched alkanes of at least 4 members (excludes halogenated alkanes) is 6. The van der Waals surface area contributed by atoms with Gasteiger partial charge in [-0.25, -0.2) is 0 Å². The highest BCUT2D eigenvalue weighted by Crippen LogP contribution is 2.07. The van der Waals surface area contributed by atoms with E-state index in [-0.39, 0.29) is 17.8 Å². The van der Waals surface area contributed by atoms with Gasteiger partial charge in [0.05, 0.1) is 0 Å². The molecule has 9 nitrogen and oxygen atoms in total. The first-order valence-electron chi connectivity index (χ1n) is 11.6. The van der Waals surface area contributed by atoms with Crippen molar-refractivity contribution in [3.05, 3.63) is 0 Å². The van der Waals surface area contributed by atoms with Gasteiger partial charge in [0.25, 0.3) is 0 Å². The van der Waals surface area contributed by atoms with E-state index in [1.54, 1.807) is 0 Å². The third kappa shape index (κ3) is 22.4. The molecule has 0 heterocycles. The SMILES string of the molecule is NCCCNCCCCNC(=O)CCCNC(=O)CCCCCCCCN=C(N)N. The summed E-state index contributed by atoms with van der Waals surface area (Å²) >= 11 is 0. The third-order valence-electron chi connectivity index (χ3n) is 4.67. The lowest BCUT2D eigenvalue weighted by Crippen LogP contribution is -2.28. The smallest absolute Gasteiger partial charge is 0.220 e. The number of aliphatic imine (C=N–C) groups is 1. The molecular weight excluding hydrogens is 382 g/mol. The first-order valence-corrected chi connectivity index (χ1v) is 11.6. The van der Waals surface area contributed by atoms with Crippen LogP contribution in [0.5, 0.6) is 0 Å². The molecular formula is C21H45N7O2. The van der Waals surface area contributed by atoms with Crippen LogP contribution in [0.3, 0.4) is 0 Å². The van der Waals surface area contributed by atoms with Gasteiger partial charge < -0.3 is 33.2 Å². The molecule has 9 N–H and O–H groups in total. The maximum atomic E-state index is 11.8. The van der Waals surface area contributed by atoms with Crippen LogP contribution in [0.25, 0.3) is 0 Å². The van der Waals surface area contributed by atoms with E-state index in [1.807, 2.05) is 0 Å². The second kappa shape index (κ2) is 21.8. The van der Waals surface area contributed by atoms with E-state index >= 15 is 0 Å². The largest absolute Gasteiger partial charge is 0.370 e. The summed E-state index contributed by atoms with van der Waals surface area (Å²) in [4.78, 5) is 27.5. The average Bonchev–Trinajstić information content (AvgIpc) is 2.71. The molecule has 0 aromatic rings. The fourth-order valence-corrected chi connectivity index (χ4v) is 2.92. The molecule has 9 heteroatoms. The minimum absolute atomic E-state index is 0.0557. The predicted molar refractivity (Wildman–Crippen MR) is 124 cm³/mol. The van der Waals surface area contributed by atoms with Crippen molar-refractivity contribution in [3.8, 4) is 0 Å². The zero-order chi connectivity index (χ0) is 22.3. The van der Waals surface area contributed by atoms with E-state index in [2.05, 4.69) is 20.9 Å². The van der Waals surface area contributed by atoms with E-state index < -0.39 is 0 Å². The number of nitrogens with two attached hydrogens (primary N) is 3. The Balaban J connectivity index is 3.34. The van der Waals surface area contributed by atoms with E-state index in [0.29, 0.717) is 45.4 Å². The van der Waals surface area contributed by atoms with Gasteiger partial charge in [-0.2, -0.15) is 0 Å². The molecule has 0 rings (SSSR count). The van der Waals surface area contributed by atoms with Gasteiger partial charge in [0.2, 0.25) is 11.8 Å². The molecule has 0 aliphatic heterocycles. The molecule has 0 spiro atoms. The van der Waals surface area contributed by atoms with Crippen molar-refractivity contribution < 1.29 is 9.59 Å². The first-order chi connectivity index (χ1) is 14.6. The van der Waals surface area contributed by atoms with Gasteiger partial charge in [-0.1, -0.05) is 25.7 Å². The molecule has 0 aromatic heterocycles. The lowest BCUT2D eigenvalue weighted by atomic mass is 10.1. The minimum Gasteiger partial charge on any atom is -0.370 e. The molecule has 0 radical (unpaired) electrons. The molecule has 30 heavy (non-hydrogen) atoms. The van der Waals surface area contributed by atoms with Crippen molar-refractivity contribution in [1.29, 1.82) is 0 Å². The second-order valence-corrected chi connectivity index (χ2v) is 7.58. The van der Waals surface area contributed by atoms with Crippen LogP contribution in [0.2, 0.25) is 0 Å². The molecule has 0 unspecified atom stereocenters. The van der Waals surface area contributed by atoms with Crippen LogP contribution in [0.1, 0.15) is 77.0 Å². The van der Waals surface area contributed by atoms with Crippen molar-refractivity contribution in [3.63, 3.8) is 0 Å². The first kappa shape index (κ1) is 28.1. The number of amides is 2. The highest BCUT2D eigenvalue weighted by atomic mass is 16.2. The van der Waals surface area contributed by atoms with Gasteiger partial charge in [0.15, 0.2) is 5.96 Å². The molecule has 0 saturated carbocycles. The molecule has 0 aromatic carbocycles. The van der Waals surface area contributed by atoms with E-state index in [1.165, 1.54) is 0 Å². The van der Waals surface area contributed by atoms with Crippen LogP contribution in [0.15, 0.2) is 4.99 Å². The Morgan fingerprint density at radius 3 is 1.83 bits per heavy atom. The molecule has 0 atom stereocenters. The van der Waals surface area contributed by atoms with Crippen LogP contribution >= 0.6 is 0 Å².